The normalized spacial score (nSPS) is 10.7. The van der Waals surface area contributed by atoms with Crippen LogP contribution in [0.25, 0.3) is 0 Å². The van der Waals surface area contributed by atoms with Crippen LogP contribution in [0.5, 0.6) is 0 Å². The highest BCUT2D eigenvalue weighted by Gasteiger charge is 2.03. The summed E-state index contributed by atoms with van der Waals surface area (Å²) < 4.78 is 0. The zero-order valence-corrected chi connectivity index (χ0v) is 17.7. The van der Waals surface area contributed by atoms with E-state index in [1.165, 1.54) is 33.6 Å². The fraction of sp³-hybridized carbons (Fsp3) is 0.308. The van der Waals surface area contributed by atoms with Crippen molar-refractivity contribution in [2.45, 2.75) is 26.7 Å². The largest absolute Gasteiger partial charge is 0.375 e. The number of hydrogen-bond acceptors (Lipinski definition) is 2. The second-order valence-corrected chi connectivity index (χ2v) is 7.53. The molecule has 0 fully saturated rings. The standard InChI is InChI=1S/C26H32N2/c1-5-27(3)25-15-11-23(12-16-25)19-21-7-9-22(10-8-21)20-24-13-17-26(18-14-24)28(4)6-2/h7-18H,5-6,19-20H2,1-4H3. The van der Waals surface area contributed by atoms with Crippen molar-refractivity contribution in [2.75, 3.05) is 37.0 Å². The highest BCUT2D eigenvalue weighted by Crippen LogP contribution is 2.19. The van der Waals surface area contributed by atoms with Crippen LogP contribution in [0, 0.1) is 0 Å². The van der Waals surface area contributed by atoms with E-state index in [1.807, 2.05) is 0 Å². The van der Waals surface area contributed by atoms with Gasteiger partial charge in [0.1, 0.15) is 0 Å². The molecule has 0 aliphatic rings. The molecule has 3 aromatic carbocycles. The lowest BCUT2D eigenvalue weighted by molar-refractivity contribution is 0.966. The van der Waals surface area contributed by atoms with E-state index < -0.39 is 0 Å². The van der Waals surface area contributed by atoms with Crippen molar-refractivity contribution in [1.82, 2.24) is 0 Å². The topological polar surface area (TPSA) is 6.48 Å². The van der Waals surface area contributed by atoms with E-state index in [-0.39, 0.29) is 0 Å². The van der Waals surface area contributed by atoms with E-state index in [0.29, 0.717) is 0 Å². The summed E-state index contributed by atoms with van der Waals surface area (Å²) in [6.07, 6.45) is 1.96. The maximum absolute atomic E-state index is 2.26. The zero-order chi connectivity index (χ0) is 19.9. The quantitative estimate of drug-likeness (QED) is 0.494. The third-order valence-corrected chi connectivity index (χ3v) is 5.54. The van der Waals surface area contributed by atoms with Gasteiger partial charge < -0.3 is 9.80 Å². The first-order valence-corrected chi connectivity index (χ1v) is 10.3. The van der Waals surface area contributed by atoms with Crippen molar-refractivity contribution in [3.8, 4) is 0 Å². The van der Waals surface area contributed by atoms with Crippen LogP contribution in [0.15, 0.2) is 72.8 Å². The molecule has 3 aromatic rings. The minimum absolute atomic E-state index is 0.981. The molecule has 0 heterocycles. The molecule has 0 aromatic heterocycles. The Bertz CT molecular complexity index is 774. The van der Waals surface area contributed by atoms with E-state index in [9.17, 15) is 0 Å². The third-order valence-electron chi connectivity index (χ3n) is 5.54. The molecule has 28 heavy (non-hydrogen) atoms. The van der Waals surface area contributed by atoms with Crippen molar-refractivity contribution in [3.05, 3.63) is 95.1 Å². The highest BCUT2D eigenvalue weighted by molar-refractivity contribution is 5.48. The van der Waals surface area contributed by atoms with Crippen molar-refractivity contribution >= 4 is 11.4 Å². The van der Waals surface area contributed by atoms with Gasteiger partial charge in [0.15, 0.2) is 0 Å². The van der Waals surface area contributed by atoms with Crippen LogP contribution in [0.2, 0.25) is 0 Å². The number of benzene rings is 3. The van der Waals surface area contributed by atoms with Crippen LogP contribution in [-0.4, -0.2) is 27.2 Å². The predicted molar refractivity (Wildman–Crippen MR) is 123 cm³/mol. The Morgan fingerprint density at radius 3 is 0.964 bits per heavy atom. The Hall–Kier alpha value is -2.74. The van der Waals surface area contributed by atoms with Crippen LogP contribution in [0.1, 0.15) is 36.1 Å². The second kappa shape index (κ2) is 9.45. The van der Waals surface area contributed by atoms with Crippen LogP contribution in [0.3, 0.4) is 0 Å². The number of rotatable bonds is 8. The molecule has 0 aliphatic heterocycles. The summed E-state index contributed by atoms with van der Waals surface area (Å²) in [4.78, 5) is 4.51. The molecule has 0 aliphatic carbocycles. The van der Waals surface area contributed by atoms with E-state index in [1.54, 1.807) is 0 Å². The Labute approximate surface area is 170 Å². The van der Waals surface area contributed by atoms with Gasteiger partial charge in [-0.3, -0.25) is 0 Å². The van der Waals surface area contributed by atoms with E-state index in [2.05, 4.69) is 111 Å². The molecule has 0 bridgehead atoms. The van der Waals surface area contributed by atoms with Crippen molar-refractivity contribution in [2.24, 2.45) is 0 Å². The molecule has 0 unspecified atom stereocenters. The Balaban J connectivity index is 1.60. The van der Waals surface area contributed by atoms with Gasteiger partial charge in [-0.05, 0) is 73.2 Å². The molecule has 3 rings (SSSR count). The second-order valence-electron chi connectivity index (χ2n) is 7.53. The zero-order valence-electron chi connectivity index (χ0n) is 17.7. The first kappa shape index (κ1) is 20.0. The van der Waals surface area contributed by atoms with Gasteiger partial charge in [-0.15, -0.1) is 0 Å². The SMILES string of the molecule is CCN(C)c1ccc(Cc2ccc(Cc3ccc(N(C)CC)cc3)cc2)cc1. The van der Waals surface area contributed by atoms with E-state index in [4.69, 9.17) is 0 Å². The molecule has 2 nitrogen and oxygen atoms in total. The van der Waals surface area contributed by atoms with Crippen LogP contribution >= 0.6 is 0 Å². The molecule has 0 atom stereocenters. The summed E-state index contributed by atoms with van der Waals surface area (Å²) >= 11 is 0. The van der Waals surface area contributed by atoms with Gasteiger partial charge in [-0.2, -0.15) is 0 Å². The smallest absolute Gasteiger partial charge is 0.0363 e. The maximum atomic E-state index is 2.26. The molecule has 2 heteroatoms. The van der Waals surface area contributed by atoms with Gasteiger partial charge in [-0.25, -0.2) is 0 Å². The van der Waals surface area contributed by atoms with E-state index >= 15 is 0 Å². The average molecular weight is 373 g/mol. The van der Waals surface area contributed by atoms with Crippen molar-refractivity contribution in [3.63, 3.8) is 0 Å². The summed E-state index contributed by atoms with van der Waals surface area (Å²) in [6.45, 7) is 6.40. The molecule has 0 N–H and O–H groups in total. The van der Waals surface area contributed by atoms with Crippen molar-refractivity contribution in [1.29, 1.82) is 0 Å². The van der Waals surface area contributed by atoms with Crippen LogP contribution < -0.4 is 9.80 Å². The first-order valence-electron chi connectivity index (χ1n) is 10.3. The Morgan fingerprint density at radius 2 is 0.714 bits per heavy atom. The maximum Gasteiger partial charge on any atom is 0.0363 e. The summed E-state index contributed by atoms with van der Waals surface area (Å²) in [5, 5.41) is 0. The molecule has 0 saturated heterocycles. The molecule has 0 saturated carbocycles. The minimum Gasteiger partial charge on any atom is -0.375 e. The lowest BCUT2D eigenvalue weighted by atomic mass is 10.00. The predicted octanol–water partition coefficient (Wildman–Crippen LogP) is 5.78. The monoisotopic (exact) mass is 372 g/mol. The summed E-state index contributed by atoms with van der Waals surface area (Å²) in [6, 6.07) is 26.9. The van der Waals surface area contributed by atoms with Gasteiger partial charge in [0.05, 0.1) is 0 Å². The number of hydrogen-bond donors (Lipinski definition) is 0. The molecule has 0 spiro atoms. The van der Waals surface area contributed by atoms with Gasteiger partial charge in [0.25, 0.3) is 0 Å². The van der Waals surface area contributed by atoms with Crippen molar-refractivity contribution < 1.29 is 0 Å². The fourth-order valence-corrected chi connectivity index (χ4v) is 3.35. The van der Waals surface area contributed by atoms with Crippen LogP contribution in [-0.2, 0) is 12.8 Å². The molecule has 0 radical (unpaired) electrons. The summed E-state index contributed by atoms with van der Waals surface area (Å²) in [5.74, 6) is 0. The lowest BCUT2D eigenvalue weighted by Gasteiger charge is -2.17. The third kappa shape index (κ3) is 5.16. The first-order chi connectivity index (χ1) is 13.6. The number of nitrogens with zero attached hydrogens (tertiary/aromatic N) is 2. The van der Waals surface area contributed by atoms with Gasteiger partial charge in [-0.1, -0.05) is 48.5 Å². The van der Waals surface area contributed by atoms with Crippen LogP contribution in [0.4, 0.5) is 11.4 Å². The van der Waals surface area contributed by atoms with Gasteiger partial charge >= 0.3 is 0 Å². The van der Waals surface area contributed by atoms with Gasteiger partial charge in [0.2, 0.25) is 0 Å². The number of anilines is 2. The van der Waals surface area contributed by atoms with E-state index in [0.717, 1.165) is 25.9 Å². The highest BCUT2D eigenvalue weighted by atomic mass is 15.1. The molecule has 0 amide bonds. The molecular formula is C26H32N2. The molecule has 146 valence electrons. The van der Waals surface area contributed by atoms with Gasteiger partial charge in [0, 0.05) is 38.6 Å². The fourth-order valence-electron chi connectivity index (χ4n) is 3.35. The summed E-state index contributed by atoms with van der Waals surface area (Å²) in [5.41, 5.74) is 7.99. The average Bonchev–Trinajstić information content (AvgIpc) is 2.75. The minimum atomic E-state index is 0.981. The lowest BCUT2D eigenvalue weighted by Crippen LogP contribution is -2.15. The Kier molecular flexibility index (Phi) is 6.76. The molecular weight excluding hydrogens is 340 g/mol. The Morgan fingerprint density at radius 1 is 0.464 bits per heavy atom. The summed E-state index contributed by atoms with van der Waals surface area (Å²) in [7, 11) is 4.26.